The van der Waals surface area contributed by atoms with Crippen LogP contribution in [0, 0.1) is 5.92 Å². The second-order valence-electron chi connectivity index (χ2n) is 4.62. The van der Waals surface area contributed by atoms with Crippen LogP contribution in [0.1, 0.15) is 18.7 Å². The van der Waals surface area contributed by atoms with Crippen molar-refractivity contribution in [3.63, 3.8) is 0 Å². The fourth-order valence-electron chi connectivity index (χ4n) is 1.87. The highest BCUT2D eigenvalue weighted by atomic mass is 16.5. The molecule has 0 bridgehead atoms. The van der Waals surface area contributed by atoms with Crippen LogP contribution in [0.5, 0.6) is 5.75 Å². The molecule has 0 aliphatic heterocycles. The van der Waals surface area contributed by atoms with E-state index in [2.05, 4.69) is 10.1 Å². The second kappa shape index (κ2) is 4.33. The number of hydrogen-bond acceptors (Lipinski definition) is 5. The van der Waals surface area contributed by atoms with E-state index in [0.29, 0.717) is 11.6 Å². The molecule has 94 valence electrons. The van der Waals surface area contributed by atoms with E-state index in [4.69, 9.17) is 15.0 Å². The van der Waals surface area contributed by atoms with E-state index >= 15 is 0 Å². The Balaban J connectivity index is 1.90. The van der Waals surface area contributed by atoms with Crippen LogP contribution in [0.3, 0.4) is 0 Å². The maximum atomic E-state index is 5.92. The van der Waals surface area contributed by atoms with Gasteiger partial charge < -0.3 is 15.0 Å². The molecular weight excluding hydrogens is 230 g/mol. The Bertz CT molecular complexity index is 561. The summed E-state index contributed by atoms with van der Waals surface area (Å²) in [4.78, 5) is 4.38. The number of methoxy groups -OCH3 is 1. The molecule has 5 heteroatoms. The average molecular weight is 245 g/mol. The first-order valence-corrected chi connectivity index (χ1v) is 6.02. The Kier molecular flexibility index (Phi) is 2.66. The summed E-state index contributed by atoms with van der Waals surface area (Å²) in [6.07, 6.45) is 3.43. The predicted octanol–water partition coefficient (Wildman–Crippen LogP) is 2.28. The van der Waals surface area contributed by atoms with Gasteiger partial charge in [-0.1, -0.05) is 5.16 Å². The zero-order valence-electron chi connectivity index (χ0n) is 10.2. The summed E-state index contributed by atoms with van der Waals surface area (Å²) in [5.74, 6) is 2.68. The van der Waals surface area contributed by atoms with Crippen molar-refractivity contribution < 1.29 is 9.26 Å². The molecule has 1 aromatic carbocycles. The first-order chi connectivity index (χ1) is 8.76. The molecule has 1 aromatic heterocycles. The standard InChI is InChI=1S/C13H15N3O2/c1-17-9-4-5-11(14)10(7-9)13-15-12(16-18-13)6-8-2-3-8/h4-5,7-8H,2-3,6,14H2,1H3. The van der Waals surface area contributed by atoms with Crippen molar-refractivity contribution in [3.05, 3.63) is 24.0 Å². The lowest BCUT2D eigenvalue weighted by molar-refractivity contribution is 0.412. The molecule has 0 radical (unpaired) electrons. The van der Waals surface area contributed by atoms with Gasteiger partial charge in [0.2, 0.25) is 0 Å². The van der Waals surface area contributed by atoms with Gasteiger partial charge in [-0.25, -0.2) is 0 Å². The van der Waals surface area contributed by atoms with Crippen molar-refractivity contribution in [3.8, 4) is 17.2 Å². The summed E-state index contributed by atoms with van der Waals surface area (Å²) in [5, 5.41) is 3.99. The lowest BCUT2D eigenvalue weighted by Gasteiger charge is -2.03. The third kappa shape index (κ3) is 2.16. The highest BCUT2D eigenvalue weighted by Gasteiger charge is 2.24. The number of benzene rings is 1. The van der Waals surface area contributed by atoms with Gasteiger partial charge in [0.25, 0.3) is 5.89 Å². The molecule has 0 unspecified atom stereocenters. The largest absolute Gasteiger partial charge is 0.497 e. The van der Waals surface area contributed by atoms with Gasteiger partial charge in [-0.3, -0.25) is 0 Å². The van der Waals surface area contributed by atoms with E-state index in [-0.39, 0.29) is 0 Å². The number of anilines is 1. The van der Waals surface area contributed by atoms with Crippen molar-refractivity contribution in [2.24, 2.45) is 5.92 Å². The topological polar surface area (TPSA) is 74.2 Å². The summed E-state index contributed by atoms with van der Waals surface area (Å²) in [6.45, 7) is 0. The highest BCUT2D eigenvalue weighted by Crippen LogP contribution is 2.33. The number of nitrogens with zero attached hydrogens (tertiary/aromatic N) is 2. The fourth-order valence-corrected chi connectivity index (χ4v) is 1.87. The van der Waals surface area contributed by atoms with Crippen molar-refractivity contribution in [1.82, 2.24) is 10.1 Å². The average Bonchev–Trinajstić information content (AvgIpc) is 3.07. The van der Waals surface area contributed by atoms with Crippen LogP contribution in [0.4, 0.5) is 5.69 Å². The summed E-state index contributed by atoms with van der Waals surface area (Å²) in [5.41, 5.74) is 7.25. The van der Waals surface area contributed by atoms with E-state index in [9.17, 15) is 0 Å². The monoisotopic (exact) mass is 245 g/mol. The van der Waals surface area contributed by atoms with E-state index < -0.39 is 0 Å². The van der Waals surface area contributed by atoms with Gasteiger partial charge in [0.15, 0.2) is 5.82 Å². The molecule has 3 rings (SSSR count). The quantitative estimate of drug-likeness (QED) is 0.836. The molecule has 18 heavy (non-hydrogen) atoms. The summed E-state index contributed by atoms with van der Waals surface area (Å²) in [7, 11) is 1.61. The molecule has 5 nitrogen and oxygen atoms in total. The van der Waals surface area contributed by atoms with Gasteiger partial charge in [0.1, 0.15) is 5.75 Å². The van der Waals surface area contributed by atoms with Crippen molar-refractivity contribution in [2.75, 3.05) is 12.8 Å². The van der Waals surface area contributed by atoms with Crippen LogP contribution in [-0.2, 0) is 6.42 Å². The molecule has 0 saturated heterocycles. The van der Waals surface area contributed by atoms with Gasteiger partial charge in [0, 0.05) is 12.1 Å². The number of aromatic nitrogens is 2. The van der Waals surface area contributed by atoms with Crippen molar-refractivity contribution in [1.29, 1.82) is 0 Å². The Morgan fingerprint density at radius 1 is 1.44 bits per heavy atom. The first-order valence-electron chi connectivity index (χ1n) is 6.02. The zero-order valence-corrected chi connectivity index (χ0v) is 10.2. The van der Waals surface area contributed by atoms with Crippen molar-refractivity contribution in [2.45, 2.75) is 19.3 Å². The number of nitrogen functional groups attached to an aromatic ring is 1. The molecule has 1 aliphatic rings. The Morgan fingerprint density at radius 3 is 3.00 bits per heavy atom. The molecule has 2 N–H and O–H groups in total. The van der Waals surface area contributed by atoms with Crippen LogP contribution in [0.2, 0.25) is 0 Å². The number of hydrogen-bond donors (Lipinski definition) is 1. The smallest absolute Gasteiger partial charge is 0.260 e. The van der Waals surface area contributed by atoms with Gasteiger partial charge in [-0.15, -0.1) is 0 Å². The molecular formula is C13H15N3O2. The normalized spacial score (nSPS) is 14.7. The highest BCUT2D eigenvalue weighted by molar-refractivity contribution is 5.72. The molecule has 1 aliphatic carbocycles. The molecule has 1 fully saturated rings. The predicted molar refractivity (Wildman–Crippen MR) is 67.1 cm³/mol. The maximum Gasteiger partial charge on any atom is 0.260 e. The molecule has 0 spiro atoms. The van der Waals surface area contributed by atoms with E-state index in [1.165, 1.54) is 12.8 Å². The number of rotatable bonds is 4. The lowest BCUT2D eigenvalue weighted by atomic mass is 10.1. The minimum absolute atomic E-state index is 0.460. The van der Waals surface area contributed by atoms with Crippen LogP contribution in [0.25, 0.3) is 11.5 Å². The van der Waals surface area contributed by atoms with Gasteiger partial charge >= 0.3 is 0 Å². The van der Waals surface area contributed by atoms with Gasteiger partial charge in [-0.2, -0.15) is 4.98 Å². The minimum Gasteiger partial charge on any atom is -0.497 e. The van der Waals surface area contributed by atoms with Gasteiger partial charge in [0.05, 0.1) is 12.7 Å². The second-order valence-corrected chi connectivity index (χ2v) is 4.62. The first kappa shape index (κ1) is 11.1. The SMILES string of the molecule is COc1ccc(N)c(-c2nc(CC3CC3)no2)c1. The van der Waals surface area contributed by atoms with Crippen LogP contribution in [-0.4, -0.2) is 17.3 Å². The molecule has 2 aromatic rings. The Hall–Kier alpha value is -2.04. The Morgan fingerprint density at radius 2 is 2.28 bits per heavy atom. The summed E-state index contributed by atoms with van der Waals surface area (Å²) < 4.78 is 10.4. The number of nitrogens with two attached hydrogens (primary N) is 1. The van der Waals surface area contributed by atoms with Crippen molar-refractivity contribution >= 4 is 5.69 Å². The third-order valence-corrected chi connectivity index (χ3v) is 3.13. The Labute approximate surface area is 105 Å². The zero-order chi connectivity index (χ0) is 12.5. The minimum atomic E-state index is 0.460. The molecule has 0 atom stereocenters. The van der Waals surface area contributed by atoms with Gasteiger partial charge in [-0.05, 0) is 37.0 Å². The lowest BCUT2D eigenvalue weighted by Crippen LogP contribution is -1.93. The van der Waals surface area contributed by atoms with Crippen LogP contribution >= 0.6 is 0 Å². The molecule has 1 saturated carbocycles. The number of ether oxygens (including phenoxy) is 1. The van der Waals surface area contributed by atoms with E-state index in [0.717, 1.165) is 29.5 Å². The van der Waals surface area contributed by atoms with E-state index in [1.54, 1.807) is 19.2 Å². The van der Waals surface area contributed by atoms with Crippen LogP contribution in [0.15, 0.2) is 22.7 Å². The summed E-state index contributed by atoms with van der Waals surface area (Å²) in [6, 6.07) is 5.39. The molecule has 0 amide bonds. The van der Waals surface area contributed by atoms with Crippen LogP contribution < -0.4 is 10.5 Å². The fraction of sp³-hybridized carbons (Fsp3) is 0.385. The van der Waals surface area contributed by atoms with E-state index in [1.807, 2.05) is 6.07 Å². The molecule has 1 heterocycles. The third-order valence-electron chi connectivity index (χ3n) is 3.13. The maximum absolute atomic E-state index is 5.92. The summed E-state index contributed by atoms with van der Waals surface area (Å²) >= 11 is 0.